The van der Waals surface area contributed by atoms with Gasteiger partial charge in [0.2, 0.25) is 5.91 Å². The molecule has 2 atom stereocenters. The second-order valence-corrected chi connectivity index (χ2v) is 9.09. The maximum absolute atomic E-state index is 12.2. The number of thioether (sulfide) groups is 1. The summed E-state index contributed by atoms with van der Waals surface area (Å²) in [5.74, 6) is 1.25. The first-order valence-corrected chi connectivity index (χ1v) is 10.1. The Bertz CT molecular complexity index is 642. The van der Waals surface area contributed by atoms with Crippen molar-refractivity contribution < 1.29 is 13.2 Å². The molecule has 2 heterocycles. The number of rotatable bonds is 3. The van der Waals surface area contributed by atoms with Gasteiger partial charge < -0.3 is 5.32 Å². The van der Waals surface area contributed by atoms with Crippen LogP contribution < -0.4 is 5.32 Å². The number of carbonyl (C=O) groups excluding carboxylic acids is 1. The van der Waals surface area contributed by atoms with Gasteiger partial charge in [0, 0.05) is 17.1 Å². The van der Waals surface area contributed by atoms with E-state index in [9.17, 15) is 13.2 Å². The molecule has 1 amide bonds. The van der Waals surface area contributed by atoms with Crippen molar-refractivity contribution >= 4 is 27.5 Å². The molecule has 2 aliphatic rings. The first-order chi connectivity index (χ1) is 10.0. The number of benzene rings is 1. The zero-order chi connectivity index (χ0) is 14.9. The zero-order valence-corrected chi connectivity index (χ0v) is 13.4. The van der Waals surface area contributed by atoms with Gasteiger partial charge in [-0.2, -0.15) is 0 Å². The molecule has 21 heavy (non-hydrogen) atoms. The highest BCUT2D eigenvalue weighted by Crippen LogP contribution is 2.37. The van der Waals surface area contributed by atoms with Gasteiger partial charge in [0.1, 0.15) is 0 Å². The van der Waals surface area contributed by atoms with E-state index >= 15 is 0 Å². The first kappa shape index (κ1) is 14.9. The van der Waals surface area contributed by atoms with E-state index in [1.165, 1.54) is 10.5 Å². The van der Waals surface area contributed by atoms with Crippen LogP contribution in [0, 0.1) is 5.92 Å². The van der Waals surface area contributed by atoms with E-state index in [0.717, 1.165) is 12.2 Å². The van der Waals surface area contributed by atoms with Crippen LogP contribution >= 0.6 is 11.8 Å². The van der Waals surface area contributed by atoms with Crippen molar-refractivity contribution in [3.05, 3.63) is 29.8 Å². The number of sulfone groups is 1. The van der Waals surface area contributed by atoms with Gasteiger partial charge in [0.15, 0.2) is 9.84 Å². The van der Waals surface area contributed by atoms with Crippen LogP contribution in [0.5, 0.6) is 0 Å². The summed E-state index contributed by atoms with van der Waals surface area (Å²) in [4.78, 5) is 13.4. The Morgan fingerprint density at radius 2 is 2.14 bits per heavy atom. The predicted octanol–water partition coefficient (Wildman–Crippen LogP) is 2.16. The van der Waals surface area contributed by atoms with Crippen molar-refractivity contribution in [3.63, 3.8) is 0 Å². The van der Waals surface area contributed by atoms with Gasteiger partial charge in [-0.3, -0.25) is 4.79 Å². The van der Waals surface area contributed by atoms with E-state index in [0.29, 0.717) is 12.8 Å². The van der Waals surface area contributed by atoms with E-state index in [1.54, 1.807) is 11.8 Å². The van der Waals surface area contributed by atoms with Crippen LogP contribution in [-0.4, -0.2) is 31.6 Å². The number of fused-ring (bicyclic) bond motifs is 1. The van der Waals surface area contributed by atoms with Crippen molar-refractivity contribution in [2.24, 2.45) is 5.92 Å². The maximum Gasteiger partial charge on any atom is 0.220 e. The third-order valence-electron chi connectivity index (χ3n) is 4.07. The highest BCUT2D eigenvalue weighted by atomic mass is 32.2. The van der Waals surface area contributed by atoms with E-state index in [4.69, 9.17) is 0 Å². The number of carbonyl (C=O) groups is 1. The largest absolute Gasteiger partial charge is 0.348 e. The van der Waals surface area contributed by atoms with Crippen LogP contribution in [0.3, 0.4) is 0 Å². The molecule has 3 rings (SSSR count). The third kappa shape index (κ3) is 3.61. The minimum absolute atomic E-state index is 0.0203. The van der Waals surface area contributed by atoms with Crippen molar-refractivity contribution in [2.75, 3.05) is 17.3 Å². The van der Waals surface area contributed by atoms with E-state index in [2.05, 4.69) is 11.4 Å². The Morgan fingerprint density at radius 1 is 1.33 bits per heavy atom. The second kappa shape index (κ2) is 6.01. The van der Waals surface area contributed by atoms with Crippen LogP contribution in [0.25, 0.3) is 0 Å². The van der Waals surface area contributed by atoms with Crippen LogP contribution in [0.15, 0.2) is 29.2 Å². The van der Waals surface area contributed by atoms with Gasteiger partial charge in [-0.05, 0) is 30.4 Å². The summed E-state index contributed by atoms with van der Waals surface area (Å²) in [6.07, 6.45) is 1.84. The topological polar surface area (TPSA) is 63.2 Å². The molecule has 0 radical (unpaired) electrons. The summed E-state index contributed by atoms with van der Waals surface area (Å²) in [6.45, 7) is 0. The first-order valence-electron chi connectivity index (χ1n) is 7.25. The summed E-state index contributed by atoms with van der Waals surface area (Å²) >= 11 is 1.75. The maximum atomic E-state index is 12.2. The normalized spacial score (nSPS) is 27.0. The van der Waals surface area contributed by atoms with Gasteiger partial charge in [0.25, 0.3) is 0 Å². The fourth-order valence-corrected chi connectivity index (χ4v) is 6.01. The van der Waals surface area contributed by atoms with Gasteiger partial charge in [0.05, 0.1) is 17.5 Å². The lowest BCUT2D eigenvalue weighted by Gasteiger charge is -2.22. The summed E-state index contributed by atoms with van der Waals surface area (Å²) in [5, 5.41) is 3.06. The monoisotopic (exact) mass is 325 g/mol. The summed E-state index contributed by atoms with van der Waals surface area (Å²) < 4.78 is 23.2. The SMILES string of the molecule is O=C(CC1CCCS(=O)(=O)C1)NC1CSc2ccccc21. The molecule has 0 aromatic heterocycles. The number of hydrogen-bond donors (Lipinski definition) is 1. The molecule has 0 bridgehead atoms. The molecular weight excluding hydrogens is 306 g/mol. The van der Waals surface area contributed by atoms with Gasteiger partial charge in [-0.25, -0.2) is 8.42 Å². The lowest BCUT2D eigenvalue weighted by atomic mass is 10.0. The molecule has 1 saturated heterocycles. The Kier molecular flexibility index (Phi) is 4.26. The minimum atomic E-state index is -2.94. The Labute approximate surface area is 129 Å². The summed E-state index contributed by atoms with van der Waals surface area (Å²) in [7, 11) is -2.94. The van der Waals surface area contributed by atoms with Crippen LogP contribution in [0.2, 0.25) is 0 Å². The third-order valence-corrected chi connectivity index (χ3v) is 7.14. The summed E-state index contributed by atoms with van der Waals surface area (Å²) in [5.41, 5.74) is 1.17. The Hall–Kier alpha value is -1.01. The zero-order valence-electron chi connectivity index (χ0n) is 11.7. The molecule has 0 saturated carbocycles. The second-order valence-electron chi connectivity index (χ2n) is 5.80. The molecule has 0 spiro atoms. The fourth-order valence-electron chi connectivity index (χ4n) is 3.08. The average Bonchev–Trinajstić information content (AvgIpc) is 2.81. The molecule has 6 heteroatoms. The Balaban J connectivity index is 1.58. The van der Waals surface area contributed by atoms with E-state index < -0.39 is 9.84 Å². The molecule has 1 N–H and O–H groups in total. The van der Waals surface area contributed by atoms with Crippen LogP contribution in [0.1, 0.15) is 30.9 Å². The minimum Gasteiger partial charge on any atom is -0.348 e. The molecule has 114 valence electrons. The quantitative estimate of drug-likeness (QED) is 0.925. The van der Waals surface area contributed by atoms with Crippen LogP contribution in [-0.2, 0) is 14.6 Å². The average molecular weight is 325 g/mol. The van der Waals surface area contributed by atoms with Gasteiger partial charge >= 0.3 is 0 Å². The molecular formula is C15H19NO3S2. The molecule has 4 nitrogen and oxygen atoms in total. The highest BCUT2D eigenvalue weighted by molar-refractivity contribution is 7.99. The molecule has 1 fully saturated rings. The predicted molar refractivity (Wildman–Crippen MR) is 84.0 cm³/mol. The lowest BCUT2D eigenvalue weighted by molar-refractivity contribution is -0.122. The van der Waals surface area contributed by atoms with Crippen molar-refractivity contribution in [1.29, 1.82) is 0 Å². The Morgan fingerprint density at radius 3 is 2.95 bits per heavy atom. The number of amides is 1. The van der Waals surface area contributed by atoms with E-state index in [1.807, 2.05) is 18.2 Å². The smallest absolute Gasteiger partial charge is 0.220 e. The van der Waals surface area contributed by atoms with E-state index in [-0.39, 0.29) is 29.4 Å². The number of hydrogen-bond acceptors (Lipinski definition) is 4. The van der Waals surface area contributed by atoms with Gasteiger partial charge in [-0.1, -0.05) is 18.2 Å². The molecule has 2 unspecified atom stereocenters. The fraction of sp³-hybridized carbons (Fsp3) is 0.533. The number of nitrogens with one attached hydrogen (secondary N) is 1. The highest BCUT2D eigenvalue weighted by Gasteiger charge is 2.28. The molecule has 2 aliphatic heterocycles. The standard InChI is InChI=1S/C15H19NO3S2/c17-15(8-11-4-3-7-21(18,19)10-11)16-13-9-20-14-6-2-1-5-12(13)14/h1-2,5-6,11,13H,3-4,7-10H2,(H,16,17). The van der Waals surface area contributed by atoms with Crippen molar-refractivity contribution in [1.82, 2.24) is 5.32 Å². The lowest BCUT2D eigenvalue weighted by Crippen LogP contribution is -2.33. The van der Waals surface area contributed by atoms with Crippen LogP contribution in [0.4, 0.5) is 0 Å². The van der Waals surface area contributed by atoms with Crippen molar-refractivity contribution in [3.8, 4) is 0 Å². The molecule has 1 aromatic rings. The van der Waals surface area contributed by atoms with Gasteiger partial charge in [-0.15, -0.1) is 11.8 Å². The molecule has 1 aromatic carbocycles. The molecule has 0 aliphatic carbocycles. The van der Waals surface area contributed by atoms with Crippen molar-refractivity contribution in [2.45, 2.75) is 30.2 Å². The summed E-state index contributed by atoms with van der Waals surface area (Å²) in [6, 6.07) is 8.16.